The molecule has 554 valence electrons. The van der Waals surface area contributed by atoms with E-state index in [1.807, 2.05) is 12.1 Å². The van der Waals surface area contributed by atoms with E-state index >= 15 is 8.78 Å². The summed E-state index contributed by atoms with van der Waals surface area (Å²) in [5, 5.41) is 4.45. The number of aryl methyl sites for hydroxylation is 12. The van der Waals surface area contributed by atoms with Crippen molar-refractivity contribution < 1.29 is 31.4 Å². The Labute approximate surface area is 634 Å². The van der Waals surface area contributed by atoms with Gasteiger partial charge < -0.3 is 0 Å². The zero-order valence-corrected chi connectivity index (χ0v) is 68.7. The third kappa shape index (κ3) is 17.7. The summed E-state index contributed by atoms with van der Waals surface area (Å²) in [6.07, 6.45) is 9.27. The van der Waals surface area contributed by atoms with Crippen LogP contribution in [0.4, 0.5) is 13.2 Å². The molecule has 0 spiro atoms. The van der Waals surface area contributed by atoms with Crippen molar-refractivity contribution in [1.29, 1.82) is 0 Å². The number of nitrogens with zero attached hydrogens (tertiary/aromatic N) is 4. The fourth-order valence-electron chi connectivity index (χ4n) is 16.5. The number of rotatable bonds is 15. The van der Waals surface area contributed by atoms with E-state index in [0.29, 0.717) is 29.6 Å². The normalized spacial score (nSPS) is 12.5. The van der Waals surface area contributed by atoms with Crippen molar-refractivity contribution in [2.45, 2.75) is 202 Å². The quantitative estimate of drug-likeness (QED) is 0.0909. The second-order valence-electron chi connectivity index (χ2n) is 33.5. The number of aromatic nitrogens is 4. The van der Waals surface area contributed by atoms with Crippen LogP contribution in [0.5, 0.6) is 0 Å². The van der Waals surface area contributed by atoms with E-state index in [-0.39, 0.29) is 17.5 Å². The minimum Gasteiger partial charge on any atom is -0.207 e. The molecule has 8 aromatic carbocycles. The van der Waals surface area contributed by atoms with Gasteiger partial charge in [-0.1, -0.05) is 153 Å². The Balaban J connectivity index is 0.000000152. The van der Waals surface area contributed by atoms with Crippen molar-refractivity contribution in [1.82, 2.24) is 0 Å². The molecule has 1 saturated carbocycles. The second-order valence-corrected chi connectivity index (χ2v) is 33.5. The third-order valence-electron chi connectivity index (χ3n) is 22.2. The first-order chi connectivity index (χ1) is 50.2. The topological polar surface area (TPSA) is 15.5 Å². The van der Waals surface area contributed by atoms with E-state index in [4.69, 9.17) is 0 Å². The molecular weight excluding hydrogens is 1300 g/mol. The van der Waals surface area contributed by atoms with Crippen LogP contribution in [0.1, 0.15) is 190 Å². The highest BCUT2D eigenvalue weighted by atomic mass is 19.1. The fourth-order valence-corrected chi connectivity index (χ4v) is 16.5. The molecule has 0 bridgehead atoms. The maximum absolute atomic E-state index is 15.4. The molecule has 0 N–H and O–H groups in total. The molecule has 1 fully saturated rings. The molecule has 1 aliphatic carbocycles. The van der Waals surface area contributed by atoms with E-state index in [0.717, 1.165) is 98.5 Å². The highest BCUT2D eigenvalue weighted by molar-refractivity contribution is 5.86. The molecule has 7 heteroatoms. The van der Waals surface area contributed by atoms with Crippen molar-refractivity contribution in [3.8, 4) is 45.0 Å². The zero-order valence-electron chi connectivity index (χ0n) is 68.7. The smallest absolute Gasteiger partial charge is 0.207 e. The molecule has 4 nitrogen and oxygen atoms in total. The Morgan fingerprint density at radius 1 is 0.330 bits per heavy atom. The van der Waals surface area contributed by atoms with Crippen molar-refractivity contribution in [3.05, 3.63) is 258 Å². The molecule has 4 aromatic heterocycles. The fraction of sp³-hybridized carbons (Fsp3) is 0.394. The first-order valence-electron chi connectivity index (χ1n) is 39.3. The maximum Gasteiger partial charge on any atom is 0.213 e. The lowest BCUT2D eigenvalue weighted by atomic mass is 9.91. The predicted molar refractivity (Wildman–Crippen MR) is 443 cm³/mol. The molecule has 4 heterocycles. The van der Waals surface area contributed by atoms with E-state index in [9.17, 15) is 4.39 Å². The minimum atomic E-state index is -0.100. The summed E-state index contributed by atoms with van der Waals surface area (Å²) in [5.74, 6) is 2.74. The molecule has 0 unspecified atom stereocenters. The molecule has 1 aliphatic rings. The Bertz CT molecular complexity index is 5230. The molecule has 13 rings (SSSR count). The summed E-state index contributed by atoms with van der Waals surface area (Å²) >= 11 is 0. The number of hydrogen-bond donors (Lipinski definition) is 0. The number of benzene rings is 8. The van der Waals surface area contributed by atoms with Crippen LogP contribution in [0, 0.1) is 116 Å². The molecule has 0 radical (unpaired) electrons. The molecule has 12 aromatic rings. The summed E-state index contributed by atoms with van der Waals surface area (Å²) < 4.78 is 54.3. The van der Waals surface area contributed by atoms with Gasteiger partial charge in [0.25, 0.3) is 0 Å². The van der Waals surface area contributed by atoms with Gasteiger partial charge in [0.05, 0.1) is 10.8 Å². The van der Waals surface area contributed by atoms with Gasteiger partial charge in [-0.2, -0.15) is 18.3 Å². The van der Waals surface area contributed by atoms with Crippen LogP contribution in [0.3, 0.4) is 0 Å². The van der Waals surface area contributed by atoms with Gasteiger partial charge in [-0.15, -0.1) is 0 Å². The van der Waals surface area contributed by atoms with Gasteiger partial charge in [0.2, 0.25) is 44.8 Å². The van der Waals surface area contributed by atoms with Crippen LogP contribution in [-0.4, -0.2) is 0 Å². The van der Waals surface area contributed by atoms with Crippen LogP contribution in [0.25, 0.3) is 88.6 Å². The van der Waals surface area contributed by atoms with Crippen LogP contribution in [-0.2, 0) is 60.3 Å². The lowest BCUT2D eigenvalue weighted by Crippen LogP contribution is -2.33. The highest BCUT2D eigenvalue weighted by Crippen LogP contribution is 2.39. The van der Waals surface area contributed by atoms with E-state index in [2.05, 4.69) is 318 Å². The van der Waals surface area contributed by atoms with Gasteiger partial charge in [-0.25, -0.2) is 13.2 Å². The first kappa shape index (κ1) is 79.7. The maximum atomic E-state index is 15.4. The molecule has 0 saturated heterocycles. The highest BCUT2D eigenvalue weighted by Gasteiger charge is 2.28. The largest absolute Gasteiger partial charge is 0.213 e. The number of halogens is 3. The molecule has 0 aliphatic heterocycles. The summed E-state index contributed by atoms with van der Waals surface area (Å²) in [6.45, 7) is 43.1. The van der Waals surface area contributed by atoms with Gasteiger partial charge in [-0.05, 0) is 260 Å². The van der Waals surface area contributed by atoms with Crippen LogP contribution in [0.15, 0.2) is 152 Å². The van der Waals surface area contributed by atoms with Crippen molar-refractivity contribution >= 4 is 43.6 Å². The number of fused-ring (bicyclic) bond motifs is 4. The standard InChI is InChI=1S/C27H35FN.C26H33FN.C23H27FN.C23H26N/c1-16(2)11-21-15-26-22(24(27(21)28)12-17(3)4)9-10-25(29(26)8)23-14-18(5)13-19(6)20(23)7;1-16(2)12-20-15-25-21(23(26(20)27)13-17(3)4)10-11-24(28(25)7)22-14-18(5)8-9-19(22)6;1-14(2)9-19-13-23-18(12-21(19)24)7-8-22(25(23)6)20-11-15(3)10-16(4)17(20)5;1-16-11-12-17(2)21(15-16)23-14-13-20-19(18-7-4-5-8-18)9-6-10-22(20)24(23)3/h9-10,13-17H,11-12H2,1-8H3;8-11,14-17H,12-13H2,1-7H3;7-8,10-14H,9H2,1-6H3;6,9-15,18H,4-5,7-8H2,1-3H3/q4*+1. The summed E-state index contributed by atoms with van der Waals surface area (Å²) in [7, 11) is 8.50. The monoisotopic (exact) mass is 1420 g/mol. The zero-order chi connectivity index (χ0) is 77.0. The van der Waals surface area contributed by atoms with E-state index in [1.165, 1.54) is 137 Å². The van der Waals surface area contributed by atoms with Crippen molar-refractivity contribution in [2.24, 2.45) is 57.8 Å². The SMILES string of the molecule is Cc1cc(C)c(C)c(-c2ccc3c(CC(C)C)c(F)c(CC(C)C)cc3[n+]2C)c1.Cc1cc(C)c(C)c(-c2ccc3cc(F)c(CC(C)C)cc3[n+]2C)c1.Cc1ccc(C)c(-c2ccc3c(C4CCCC4)cccc3[n+]2C)c1.Cc1ccc(C)c(-c2ccc3c(CC(C)C)c(F)c(CC(C)C)cc3[n+]2C)c1. The minimum absolute atomic E-state index is 0.00442. The van der Waals surface area contributed by atoms with Crippen molar-refractivity contribution in [3.63, 3.8) is 0 Å². The molecule has 0 atom stereocenters. The van der Waals surface area contributed by atoms with Gasteiger partial charge in [-0.3, -0.25) is 0 Å². The average Bonchev–Trinajstić information content (AvgIpc) is 0.791. The van der Waals surface area contributed by atoms with Crippen LogP contribution < -0.4 is 18.3 Å². The first-order valence-corrected chi connectivity index (χ1v) is 39.3. The van der Waals surface area contributed by atoms with Gasteiger partial charge >= 0.3 is 0 Å². The molecule has 0 amide bonds. The van der Waals surface area contributed by atoms with Crippen LogP contribution >= 0.6 is 0 Å². The Hall–Kier alpha value is -8.81. The number of hydrogen-bond acceptors (Lipinski definition) is 0. The molecular formula is C99H121F3N4+4. The van der Waals surface area contributed by atoms with E-state index < -0.39 is 0 Å². The number of pyridine rings is 4. The lowest BCUT2D eigenvalue weighted by Gasteiger charge is -2.16. The van der Waals surface area contributed by atoms with Gasteiger partial charge in [0.1, 0.15) is 45.6 Å². The summed E-state index contributed by atoms with van der Waals surface area (Å²) in [6, 6.07) is 54.3. The van der Waals surface area contributed by atoms with Gasteiger partial charge in [0.15, 0.2) is 0 Å². The summed E-state index contributed by atoms with van der Waals surface area (Å²) in [5.41, 5.74) is 33.2. The van der Waals surface area contributed by atoms with Crippen molar-refractivity contribution in [2.75, 3.05) is 0 Å². The third-order valence-corrected chi connectivity index (χ3v) is 22.2. The van der Waals surface area contributed by atoms with E-state index in [1.54, 1.807) is 11.6 Å². The Morgan fingerprint density at radius 2 is 0.698 bits per heavy atom. The Kier molecular flexibility index (Phi) is 25.6. The summed E-state index contributed by atoms with van der Waals surface area (Å²) in [4.78, 5) is 0. The van der Waals surface area contributed by atoms with Crippen LogP contribution in [0.2, 0.25) is 0 Å². The van der Waals surface area contributed by atoms with Gasteiger partial charge in [0, 0.05) is 92.7 Å². The average molecular weight is 1420 g/mol. The molecule has 106 heavy (non-hydrogen) atoms. The lowest BCUT2D eigenvalue weighted by molar-refractivity contribution is -0.633. The Morgan fingerprint density at radius 3 is 1.13 bits per heavy atom. The second kappa shape index (κ2) is 34.0. The predicted octanol–water partition coefficient (Wildman–Crippen LogP) is 24.5.